The van der Waals surface area contributed by atoms with Gasteiger partial charge in [0.2, 0.25) is 5.91 Å². The van der Waals surface area contributed by atoms with Gasteiger partial charge in [-0.05, 0) is 69.5 Å². The van der Waals surface area contributed by atoms with Crippen LogP contribution in [0.5, 0.6) is 5.75 Å². The standard InChI is InChI=1S/C20H26ClN3O4S/c1-23(2)13-5-12-22-20(25)15-24(17-7-4-6-16(21)14-17)29(26,27)19-10-8-18(28-3)9-11-19/h4,6-11,14H,5,12-13,15H2,1-3H3,(H,22,25). The fraction of sp³-hybridized carbons (Fsp3) is 0.350. The summed E-state index contributed by atoms with van der Waals surface area (Å²) in [5.74, 6) is 0.151. The molecule has 2 aromatic carbocycles. The third-order valence-electron chi connectivity index (χ3n) is 4.14. The Balaban J connectivity index is 2.26. The smallest absolute Gasteiger partial charge is 0.264 e. The molecule has 9 heteroatoms. The minimum Gasteiger partial charge on any atom is -0.497 e. The zero-order valence-corrected chi connectivity index (χ0v) is 18.3. The van der Waals surface area contributed by atoms with Crippen LogP contribution in [0.1, 0.15) is 6.42 Å². The summed E-state index contributed by atoms with van der Waals surface area (Å²) in [5, 5.41) is 3.15. The topological polar surface area (TPSA) is 79.0 Å². The minimum atomic E-state index is -3.98. The summed E-state index contributed by atoms with van der Waals surface area (Å²) in [6.07, 6.45) is 0.765. The largest absolute Gasteiger partial charge is 0.497 e. The molecule has 0 aliphatic heterocycles. The second-order valence-corrected chi connectivity index (χ2v) is 8.97. The monoisotopic (exact) mass is 439 g/mol. The van der Waals surface area contributed by atoms with Crippen molar-refractivity contribution in [1.82, 2.24) is 10.2 Å². The molecule has 0 radical (unpaired) electrons. The molecular weight excluding hydrogens is 414 g/mol. The van der Waals surface area contributed by atoms with E-state index in [1.807, 2.05) is 19.0 Å². The van der Waals surface area contributed by atoms with Crippen LogP contribution in [0.15, 0.2) is 53.4 Å². The average molecular weight is 440 g/mol. The zero-order chi connectivity index (χ0) is 21.4. The Labute approximate surface area is 177 Å². The number of nitrogens with zero attached hydrogens (tertiary/aromatic N) is 2. The highest BCUT2D eigenvalue weighted by Gasteiger charge is 2.27. The Bertz CT molecular complexity index is 918. The van der Waals surface area contributed by atoms with Gasteiger partial charge >= 0.3 is 0 Å². The summed E-state index contributed by atoms with van der Waals surface area (Å²) >= 11 is 6.05. The van der Waals surface area contributed by atoms with E-state index in [-0.39, 0.29) is 17.3 Å². The number of benzene rings is 2. The van der Waals surface area contributed by atoms with Crippen LogP contribution < -0.4 is 14.4 Å². The first-order valence-corrected chi connectivity index (χ1v) is 10.9. The molecule has 29 heavy (non-hydrogen) atoms. The van der Waals surface area contributed by atoms with Crippen LogP contribution >= 0.6 is 11.6 Å². The van der Waals surface area contributed by atoms with Crippen LogP contribution in [0.25, 0.3) is 0 Å². The summed E-state index contributed by atoms with van der Waals surface area (Å²) in [6, 6.07) is 12.4. The molecule has 2 aromatic rings. The Kier molecular flexibility index (Phi) is 8.31. The molecule has 0 aliphatic rings. The molecule has 1 N–H and O–H groups in total. The van der Waals surface area contributed by atoms with E-state index in [2.05, 4.69) is 5.32 Å². The summed E-state index contributed by atoms with van der Waals surface area (Å²) < 4.78 is 32.7. The Morgan fingerprint density at radius 3 is 2.41 bits per heavy atom. The highest BCUT2D eigenvalue weighted by Crippen LogP contribution is 2.27. The van der Waals surface area contributed by atoms with E-state index in [0.717, 1.165) is 17.3 Å². The first-order chi connectivity index (χ1) is 13.7. The van der Waals surface area contributed by atoms with Gasteiger partial charge in [0.15, 0.2) is 0 Å². The molecular formula is C20H26ClN3O4S. The van der Waals surface area contributed by atoms with E-state index in [0.29, 0.717) is 23.0 Å². The highest BCUT2D eigenvalue weighted by molar-refractivity contribution is 7.92. The number of carbonyl (C=O) groups excluding carboxylic acids is 1. The molecule has 7 nitrogen and oxygen atoms in total. The van der Waals surface area contributed by atoms with Gasteiger partial charge < -0.3 is 15.0 Å². The molecule has 0 heterocycles. The Morgan fingerprint density at radius 1 is 1.14 bits per heavy atom. The number of rotatable bonds is 10. The number of nitrogens with one attached hydrogen (secondary N) is 1. The van der Waals surface area contributed by atoms with Crippen molar-refractivity contribution in [2.45, 2.75) is 11.3 Å². The van der Waals surface area contributed by atoms with Crippen molar-refractivity contribution in [1.29, 1.82) is 0 Å². The van der Waals surface area contributed by atoms with Gasteiger partial charge in [-0.2, -0.15) is 0 Å². The van der Waals surface area contributed by atoms with Crippen molar-refractivity contribution in [3.05, 3.63) is 53.6 Å². The third kappa shape index (κ3) is 6.62. The second-order valence-electron chi connectivity index (χ2n) is 6.67. The molecule has 0 aliphatic carbocycles. The van der Waals surface area contributed by atoms with Crippen LogP contribution in [0, 0.1) is 0 Å². The summed E-state index contributed by atoms with van der Waals surface area (Å²) in [7, 11) is 1.41. The predicted molar refractivity (Wildman–Crippen MR) is 115 cm³/mol. The van der Waals surface area contributed by atoms with E-state index in [4.69, 9.17) is 16.3 Å². The molecule has 0 fully saturated rings. The number of methoxy groups -OCH3 is 1. The number of ether oxygens (including phenoxy) is 1. The van der Waals surface area contributed by atoms with Crippen molar-refractivity contribution in [2.75, 3.05) is 45.1 Å². The minimum absolute atomic E-state index is 0.0543. The first-order valence-electron chi connectivity index (χ1n) is 9.08. The van der Waals surface area contributed by atoms with Crippen molar-refractivity contribution in [3.63, 3.8) is 0 Å². The fourth-order valence-electron chi connectivity index (χ4n) is 2.63. The van der Waals surface area contributed by atoms with Crippen molar-refractivity contribution in [2.24, 2.45) is 0 Å². The number of carbonyl (C=O) groups is 1. The Morgan fingerprint density at radius 2 is 1.83 bits per heavy atom. The van der Waals surface area contributed by atoms with E-state index in [1.165, 1.54) is 25.3 Å². The van der Waals surface area contributed by atoms with Gasteiger partial charge in [0.1, 0.15) is 12.3 Å². The molecule has 0 saturated carbocycles. The second kappa shape index (κ2) is 10.5. The lowest BCUT2D eigenvalue weighted by molar-refractivity contribution is -0.119. The van der Waals surface area contributed by atoms with Crippen LogP contribution in [-0.2, 0) is 14.8 Å². The van der Waals surface area contributed by atoms with Gasteiger partial charge in [-0.25, -0.2) is 8.42 Å². The van der Waals surface area contributed by atoms with Gasteiger partial charge in [0.25, 0.3) is 10.0 Å². The molecule has 158 valence electrons. The summed E-state index contributed by atoms with van der Waals surface area (Å²) in [5.41, 5.74) is 0.316. The maximum Gasteiger partial charge on any atom is 0.264 e. The number of hydrogen-bond acceptors (Lipinski definition) is 5. The first kappa shape index (κ1) is 23.0. The molecule has 1 amide bonds. The number of amides is 1. The maximum atomic E-state index is 13.3. The van der Waals surface area contributed by atoms with Gasteiger partial charge in [0.05, 0.1) is 17.7 Å². The molecule has 0 aromatic heterocycles. The van der Waals surface area contributed by atoms with Crippen LogP contribution in [0.3, 0.4) is 0 Å². The van der Waals surface area contributed by atoms with E-state index in [9.17, 15) is 13.2 Å². The normalized spacial score (nSPS) is 11.3. The van der Waals surface area contributed by atoms with Crippen molar-refractivity contribution < 1.29 is 17.9 Å². The van der Waals surface area contributed by atoms with E-state index in [1.54, 1.807) is 30.3 Å². The average Bonchev–Trinajstić information content (AvgIpc) is 2.69. The predicted octanol–water partition coefficient (Wildman–Crippen LogP) is 2.61. The van der Waals surface area contributed by atoms with Gasteiger partial charge in [-0.15, -0.1) is 0 Å². The Hall–Kier alpha value is -2.29. The molecule has 0 atom stereocenters. The molecule has 2 rings (SSSR count). The lowest BCUT2D eigenvalue weighted by Gasteiger charge is -2.24. The quantitative estimate of drug-likeness (QED) is 0.576. The van der Waals surface area contributed by atoms with Crippen LogP contribution in [-0.4, -0.2) is 60.1 Å². The van der Waals surface area contributed by atoms with Gasteiger partial charge in [0, 0.05) is 11.6 Å². The van der Waals surface area contributed by atoms with E-state index >= 15 is 0 Å². The maximum absolute atomic E-state index is 13.3. The third-order valence-corrected chi connectivity index (χ3v) is 6.16. The van der Waals surface area contributed by atoms with Crippen molar-refractivity contribution in [3.8, 4) is 5.75 Å². The van der Waals surface area contributed by atoms with Crippen molar-refractivity contribution >= 4 is 33.2 Å². The van der Waals surface area contributed by atoms with Crippen LogP contribution in [0.4, 0.5) is 5.69 Å². The highest BCUT2D eigenvalue weighted by atomic mass is 35.5. The number of halogens is 1. The van der Waals surface area contributed by atoms with Gasteiger partial charge in [-0.1, -0.05) is 17.7 Å². The number of anilines is 1. The molecule has 0 saturated heterocycles. The van der Waals surface area contributed by atoms with Crippen LogP contribution in [0.2, 0.25) is 5.02 Å². The lowest BCUT2D eigenvalue weighted by atomic mass is 10.3. The lowest BCUT2D eigenvalue weighted by Crippen LogP contribution is -2.41. The molecule has 0 spiro atoms. The molecule has 0 unspecified atom stereocenters. The number of sulfonamides is 1. The SMILES string of the molecule is COc1ccc(S(=O)(=O)N(CC(=O)NCCCN(C)C)c2cccc(Cl)c2)cc1. The zero-order valence-electron chi connectivity index (χ0n) is 16.8. The molecule has 0 bridgehead atoms. The number of hydrogen-bond donors (Lipinski definition) is 1. The van der Waals surface area contributed by atoms with E-state index < -0.39 is 10.0 Å². The summed E-state index contributed by atoms with van der Waals surface area (Å²) in [4.78, 5) is 14.5. The fourth-order valence-corrected chi connectivity index (χ4v) is 4.23. The summed E-state index contributed by atoms with van der Waals surface area (Å²) in [6.45, 7) is 0.933. The van der Waals surface area contributed by atoms with Gasteiger partial charge in [-0.3, -0.25) is 9.10 Å².